The van der Waals surface area contributed by atoms with Gasteiger partial charge in [0.25, 0.3) is 0 Å². The Morgan fingerprint density at radius 1 is 1.05 bits per heavy atom. The number of fused-ring (bicyclic) bond motifs is 2. The summed E-state index contributed by atoms with van der Waals surface area (Å²) < 4.78 is 15.4. The molecule has 1 aliphatic carbocycles. The molecular formula is C36H58N2O4Si. The summed E-state index contributed by atoms with van der Waals surface area (Å²) in [5.74, 6) is 2.72. The van der Waals surface area contributed by atoms with E-state index in [1.165, 1.54) is 19.3 Å². The topological polar surface area (TPSA) is 70.4 Å². The molecule has 4 rings (SSSR count). The van der Waals surface area contributed by atoms with Gasteiger partial charge in [-0.15, -0.1) is 0 Å². The standard InChI is InChI=1S/C36H58N2O4Si/c1-22-14-13-15-26-18-28(26)20-31(27-16-17-30-29(19-27)37-25(4)38(30)10)41-33(39)21-32(42-43(11,12)35(5,6)7)36(8,9)34(40)24(3)23(22)2/h16-17,19,22-24,26,28,31-32H,13-15,18,20-21H2,1-12H3/t22-,23-,24+,26+,28-,31-,32-/m0/s1. The second-order valence-electron chi connectivity index (χ2n) is 16.1. The predicted octanol–water partition coefficient (Wildman–Crippen LogP) is 8.96. The molecule has 0 spiro atoms. The quantitative estimate of drug-likeness (QED) is 0.256. The fraction of sp³-hybridized carbons (Fsp3) is 0.750. The van der Waals surface area contributed by atoms with Crippen molar-refractivity contribution in [2.75, 3.05) is 0 Å². The number of aromatic nitrogens is 2. The number of aryl methyl sites for hydroxylation is 2. The molecule has 0 unspecified atom stereocenters. The van der Waals surface area contributed by atoms with E-state index in [2.05, 4.69) is 77.4 Å². The molecule has 0 N–H and O–H groups in total. The van der Waals surface area contributed by atoms with Crippen molar-refractivity contribution in [3.05, 3.63) is 29.6 Å². The minimum atomic E-state index is -2.31. The van der Waals surface area contributed by atoms with Gasteiger partial charge in [0, 0.05) is 18.4 Å². The van der Waals surface area contributed by atoms with E-state index in [1.807, 2.05) is 27.8 Å². The Bertz CT molecular complexity index is 1320. The average Bonchev–Trinajstić information content (AvgIpc) is 3.59. The van der Waals surface area contributed by atoms with Crippen LogP contribution in [-0.4, -0.2) is 35.7 Å². The summed E-state index contributed by atoms with van der Waals surface area (Å²) in [6, 6.07) is 6.29. The summed E-state index contributed by atoms with van der Waals surface area (Å²) in [4.78, 5) is 32.9. The monoisotopic (exact) mass is 610 g/mol. The lowest BCUT2D eigenvalue weighted by Crippen LogP contribution is -2.52. The number of Topliss-reactive ketones (excluding diaryl/α,β-unsaturated/α-hetero) is 1. The lowest BCUT2D eigenvalue weighted by molar-refractivity contribution is -0.155. The van der Waals surface area contributed by atoms with Crippen molar-refractivity contribution in [3.8, 4) is 0 Å². The van der Waals surface area contributed by atoms with Crippen LogP contribution in [0.15, 0.2) is 18.2 Å². The number of hydrogen-bond acceptors (Lipinski definition) is 5. The molecule has 1 aliphatic heterocycles. The number of carbonyl (C=O) groups is 2. The third kappa shape index (κ3) is 7.29. The van der Waals surface area contributed by atoms with Gasteiger partial charge in [0.05, 0.1) is 23.6 Å². The van der Waals surface area contributed by atoms with Crippen LogP contribution in [0.4, 0.5) is 0 Å². The maximum Gasteiger partial charge on any atom is 0.309 e. The number of rotatable bonds is 3. The number of esters is 1. The van der Waals surface area contributed by atoms with Crippen molar-refractivity contribution in [2.45, 2.75) is 131 Å². The molecule has 1 aromatic heterocycles. The fourth-order valence-electron chi connectivity index (χ4n) is 6.79. The predicted molar refractivity (Wildman–Crippen MR) is 177 cm³/mol. The molecule has 1 aromatic carbocycles. The first kappa shape index (κ1) is 33.9. The zero-order chi connectivity index (χ0) is 32.1. The Labute approximate surface area is 261 Å². The summed E-state index contributed by atoms with van der Waals surface area (Å²) in [5, 5.41) is -0.0571. The van der Waals surface area contributed by atoms with Gasteiger partial charge in [0.15, 0.2) is 8.32 Å². The number of imidazole rings is 1. The summed E-state index contributed by atoms with van der Waals surface area (Å²) in [6.07, 6.45) is 4.72. The van der Waals surface area contributed by atoms with Gasteiger partial charge < -0.3 is 13.7 Å². The average molecular weight is 611 g/mol. The van der Waals surface area contributed by atoms with E-state index >= 15 is 0 Å². The van der Waals surface area contributed by atoms with Crippen LogP contribution in [0.1, 0.15) is 111 Å². The number of carbonyl (C=O) groups excluding carboxylic acids is 2. The molecule has 2 fully saturated rings. The van der Waals surface area contributed by atoms with Crippen molar-refractivity contribution in [3.63, 3.8) is 0 Å². The summed E-state index contributed by atoms with van der Waals surface area (Å²) in [5.41, 5.74) is 2.17. The van der Waals surface area contributed by atoms with E-state index in [9.17, 15) is 9.59 Å². The molecule has 0 radical (unpaired) electrons. The molecule has 240 valence electrons. The molecule has 43 heavy (non-hydrogen) atoms. The molecule has 2 heterocycles. The van der Waals surface area contributed by atoms with Crippen LogP contribution in [0.25, 0.3) is 11.0 Å². The third-order valence-electron chi connectivity index (χ3n) is 11.7. The van der Waals surface area contributed by atoms with E-state index < -0.39 is 19.8 Å². The maximum atomic E-state index is 14.2. The lowest BCUT2D eigenvalue weighted by Gasteiger charge is -2.44. The van der Waals surface area contributed by atoms with Crippen molar-refractivity contribution >= 4 is 31.1 Å². The first-order valence-electron chi connectivity index (χ1n) is 16.7. The molecule has 6 nitrogen and oxygen atoms in total. The Morgan fingerprint density at radius 3 is 2.37 bits per heavy atom. The number of ketones is 1. The van der Waals surface area contributed by atoms with E-state index in [0.29, 0.717) is 17.8 Å². The van der Waals surface area contributed by atoms with Crippen LogP contribution in [-0.2, 0) is 25.8 Å². The van der Waals surface area contributed by atoms with Crippen LogP contribution < -0.4 is 0 Å². The first-order chi connectivity index (χ1) is 19.8. The highest BCUT2D eigenvalue weighted by atomic mass is 28.4. The Balaban J connectivity index is 1.70. The van der Waals surface area contributed by atoms with Crippen LogP contribution >= 0.6 is 0 Å². The molecule has 1 saturated carbocycles. The van der Waals surface area contributed by atoms with E-state index in [4.69, 9.17) is 14.1 Å². The Hall–Kier alpha value is -1.99. The molecule has 2 aromatic rings. The van der Waals surface area contributed by atoms with E-state index in [-0.39, 0.29) is 41.2 Å². The van der Waals surface area contributed by atoms with Crippen molar-refractivity contribution in [1.29, 1.82) is 0 Å². The number of hydrogen-bond donors (Lipinski definition) is 0. The van der Waals surface area contributed by atoms with Gasteiger partial charge in [-0.2, -0.15) is 0 Å². The van der Waals surface area contributed by atoms with Gasteiger partial charge in [-0.3, -0.25) is 9.59 Å². The number of cyclic esters (lactones) is 1. The normalized spacial score (nSPS) is 31.5. The van der Waals surface area contributed by atoms with Gasteiger partial charge in [-0.25, -0.2) is 4.98 Å². The molecule has 1 saturated heterocycles. The van der Waals surface area contributed by atoms with E-state index in [0.717, 1.165) is 35.3 Å². The second-order valence-corrected chi connectivity index (χ2v) is 20.9. The molecule has 2 aliphatic rings. The molecule has 7 atom stereocenters. The van der Waals surface area contributed by atoms with Crippen LogP contribution in [0.5, 0.6) is 0 Å². The van der Waals surface area contributed by atoms with Gasteiger partial charge in [0.2, 0.25) is 0 Å². The van der Waals surface area contributed by atoms with Crippen LogP contribution in [0.2, 0.25) is 18.1 Å². The number of nitrogens with zero attached hydrogens (tertiary/aromatic N) is 2. The van der Waals surface area contributed by atoms with Crippen molar-refractivity contribution < 1.29 is 18.8 Å². The van der Waals surface area contributed by atoms with Crippen LogP contribution in [0.3, 0.4) is 0 Å². The van der Waals surface area contributed by atoms with Crippen LogP contribution in [0, 0.1) is 41.9 Å². The largest absolute Gasteiger partial charge is 0.457 e. The van der Waals surface area contributed by atoms with Gasteiger partial charge >= 0.3 is 5.97 Å². The smallest absolute Gasteiger partial charge is 0.309 e. The molecule has 0 amide bonds. The highest BCUT2D eigenvalue weighted by Crippen LogP contribution is 2.49. The lowest BCUT2D eigenvalue weighted by atomic mass is 9.70. The SMILES string of the molecule is Cc1nc2cc([C@@H]3C[C@@H]4C[C@H]4CCC[C@H](C)[C@H](C)[C@@H](C)C(=O)C(C)(C)[C@@H](O[Si](C)(C)C(C)(C)C)CC(=O)O3)ccc2n1C. The van der Waals surface area contributed by atoms with Gasteiger partial charge in [-0.1, -0.05) is 80.7 Å². The second kappa shape index (κ2) is 12.4. The first-order valence-corrected chi connectivity index (χ1v) is 19.6. The van der Waals surface area contributed by atoms with Gasteiger partial charge in [0.1, 0.15) is 17.7 Å². The summed E-state index contributed by atoms with van der Waals surface area (Å²) in [6.45, 7) is 23.6. The third-order valence-corrected chi connectivity index (χ3v) is 16.2. The number of ether oxygens (including phenoxy) is 1. The highest BCUT2D eigenvalue weighted by molar-refractivity contribution is 6.74. The maximum absolute atomic E-state index is 14.2. The Kier molecular flexibility index (Phi) is 9.79. The fourth-order valence-corrected chi connectivity index (χ4v) is 8.24. The zero-order valence-corrected chi connectivity index (χ0v) is 30.0. The minimum absolute atomic E-state index is 0.0571. The zero-order valence-electron chi connectivity index (χ0n) is 29.0. The van der Waals surface area contributed by atoms with Gasteiger partial charge in [-0.05, 0) is 79.3 Å². The summed E-state index contributed by atoms with van der Waals surface area (Å²) in [7, 11) is -0.278. The number of benzene rings is 1. The molecular weight excluding hydrogens is 552 g/mol. The van der Waals surface area contributed by atoms with Crippen molar-refractivity contribution in [2.24, 2.45) is 42.1 Å². The minimum Gasteiger partial charge on any atom is -0.457 e. The van der Waals surface area contributed by atoms with Crippen molar-refractivity contribution in [1.82, 2.24) is 9.55 Å². The summed E-state index contributed by atoms with van der Waals surface area (Å²) >= 11 is 0. The molecule has 7 heteroatoms. The highest BCUT2D eigenvalue weighted by Gasteiger charge is 2.48. The Morgan fingerprint density at radius 2 is 1.72 bits per heavy atom. The van der Waals surface area contributed by atoms with E-state index in [1.54, 1.807) is 0 Å². The molecule has 0 bridgehead atoms.